The molecule has 0 aromatic rings. The first-order valence-corrected chi connectivity index (χ1v) is 5.86. The van der Waals surface area contributed by atoms with Crippen molar-refractivity contribution >= 4 is 11.6 Å². The third-order valence-electron chi connectivity index (χ3n) is 2.79. The predicted octanol–water partition coefficient (Wildman–Crippen LogP) is 2.06. The van der Waals surface area contributed by atoms with Gasteiger partial charge in [-0.25, -0.2) is 0 Å². The van der Waals surface area contributed by atoms with Gasteiger partial charge in [0.2, 0.25) is 0 Å². The minimum absolute atomic E-state index is 0.759. The highest BCUT2D eigenvalue weighted by Gasteiger charge is 2.18. The van der Waals surface area contributed by atoms with Crippen LogP contribution in [0.1, 0.15) is 19.8 Å². The van der Waals surface area contributed by atoms with Gasteiger partial charge in [0.25, 0.3) is 0 Å². The summed E-state index contributed by atoms with van der Waals surface area (Å²) in [4.78, 5) is 2.39. The van der Waals surface area contributed by atoms with E-state index in [1.807, 2.05) is 0 Å². The normalized spacial score (nSPS) is 19.9. The maximum absolute atomic E-state index is 5.78. The van der Waals surface area contributed by atoms with Crippen LogP contribution < -0.4 is 5.32 Å². The Balaban J connectivity index is 2.14. The van der Waals surface area contributed by atoms with Gasteiger partial charge in [-0.05, 0) is 44.9 Å². The minimum Gasteiger partial charge on any atom is -0.317 e. The number of hydrogen-bond donors (Lipinski definition) is 1. The van der Waals surface area contributed by atoms with Crippen LogP contribution in [-0.2, 0) is 0 Å². The zero-order valence-electron chi connectivity index (χ0n) is 9.06. The smallest absolute Gasteiger partial charge is 0.0335 e. The zero-order chi connectivity index (χ0) is 10.4. The molecule has 1 rings (SSSR count). The Hall–Kier alpha value is -0.0500. The molecule has 0 amide bonds. The van der Waals surface area contributed by atoms with Crippen molar-refractivity contribution < 1.29 is 0 Å². The van der Waals surface area contributed by atoms with E-state index in [1.165, 1.54) is 32.5 Å². The molecule has 0 atom stereocenters. The van der Waals surface area contributed by atoms with Crippen LogP contribution in [0.3, 0.4) is 0 Å². The van der Waals surface area contributed by atoms with Crippen LogP contribution in [0.25, 0.3) is 0 Å². The quantitative estimate of drug-likeness (QED) is 0.757. The van der Waals surface area contributed by atoms with Crippen molar-refractivity contribution in [1.82, 2.24) is 10.2 Å². The summed E-state index contributed by atoms with van der Waals surface area (Å²) in [7, 11) is 0. The first-order chi connectivity index (χ1) is 6.72. The molecular formula is C11H21ClN2. The van der Waals surface area contributed by atoms with E-state index in [9.17, 15) is 0 Å². The van der Waals surface area contributed by atoms with Crippen LogP contribution in [-0.4, -0.2) is 37.6 Å². The summed E-state index contributed by atoms with van der Waals surface area (Å²) in [5, 5.41) is 4.17. The third kappa shape index (κ3) is 4.45. The molecule has 0 spiro atoms. The fourth-order valence-corrected chi connectivity index (χ4v) is 2.11. The molecule has 82 valence electrons. The summed E-state index contributed by atoms with van der Waals surface area (Å²) < 4.78 is 0. The average Bonchev–Trinajstić information content (AvgIpc) is 2.16. The number of halogens is 1. The van der Waals surface area contributed by atoms with E-state index < -0.39 is 0 Å². The summed E-state index contributed by atoms with van der Waals surface area (Å²) in [6, 6.07) is 0. The molecule has 14 heavy (non-hydrogen) atoms. The van der Waals surface area contributed by atoms with E-state index in [0.29, 0.717) is 0 Å². The minimum atomic E-state index is 0.759. The van der Waals surface area contributed by atoms with Gasteiger partial charge in [0.15, 0.2) is 0 Å². The molecule has 1 N–H and O–H groups in total. The lowest BCUT2D eigenvalue weighted by Crippen LogP contribution is -2.37. The van der Waals surface area contributed by atoms with E-state index in [0.717, 1.165) is 24.0 Å². The summed E-state index contributed by atoms with van der Waals surface area (Å²) in [5.41, 5.74) is 0. The van der Waals surface area contributed by atoms with Gasteiger partial charge in [0.05, 0.1) is 0 Å². The lowest BCUT2D eigenvalue weighted by molar-refractivity contribution is 0.197. The highest BCUT2D eigenvalue weighted by molar-refractivity contribution is 6.29. The number of nitrogens with zero attached hydrogens (tertiary/aromatic N) is 1. The molecule has 0 saturated carbocycles. The van der Waals surface area contributed by atoms with Gasteiger partial charge in [0, 0.05) is 11.6 Å². The second kappa shape index (κ2) is 6.44. The van der Waals surface area contributed by atoms with E-state index in [-0.39, 0.29) is 0 Å². The summed E-state index contributed by atoms with van der Waals surface area (Å²) in [6.45, 7) is 11.3. The molecule has 1 fully saturated rings. The van der Waals surface area contributed by atoms with Gasteiger partial charge in [-0.2, -0.15) is 0 Å². The van der Waals surface area contributed by atoms with E-state index >= 15 is 0 Å². The zero-order valence-corrected chi connectivity index (χ0v) is 9.82. The Morgan fingerprint density at radius 2 is 2.14 bits per heavy atom. The average molecular weight is 217 g/mol. The van der Waals surface area contributed by atoms with Crippen LogP contribution in [0.4, 0.5) is 0 Å². The fourth-order valence-electron chi connectivity index (χ4n) is 1.94. The van der Waals surface area contributed by atoms with E-state index in [2.05, 4.69) is 23.7 Å². The summed E-state index contributed by atoms with van der Waals surface area (Å²) >= 11 is 5.78. The largest absolute Gasteiger partial charge is 0.317 e. The molecule has 0 aromatic carbocycles. The lowest BCUT2D eigenvalue weighted by atomic mass is 9.97. The highest BCUT2D eigenvalue weighted by atomic mass is 35.5. The number of rotatable bonds is 5. The highest BCUT2D eigenvalue weighted by Crippen LogP contribution is 2.17. The van der Waals surface area contributed by atoms with Crippen LogP contribution in [0.2, 0.25) is 0 Å². The standard InChI is InChI=1S/C11H21ClN2/c1-3-13-8-11-4-6-14(7-5-11)9-10(2)12/h11,13H,2-9H2,1H3. The van der Waals surface area contributed by atoms with Crippen molar-refractivity contribution in [2.45, 2.75) is 19.8 Å². The van der Waals surface area contributed by atoms with Gasteiger partial charge in [-0.15, -0.1) is 0 Å². The van der Waals surface area contributed by atoms with Crippen LogP contribution in [0.15, 0.2) is 11.6 Å². The Morgan fingerprint density at radius 1 is 1.50 bits per heavy atom. The van der Waals surface area contributed by atoms with Crippen LogP contribution >= 0.6 is 11.6 Å². The van der Waals surface area contributed by atoms with Gasteiger partial charge in [-0.3, -0.25) is 4.90 Å². The first-order valence-electron chi connectivity index (χ1n) is 5.48. The lowest BCUT2D eigenvalue weighted by Gasteiger charge is -2.31. The van der Waals surface area contributed by atoms with E-state index in [1.54, 1.807) is 0 Å². The topological polar surface area (TPSA) is 15.3 Å². The molecule has 0 aliphatic carbocycles. The Labute approximate surface area is 92.3 Å². The monoisotopic (exact) mass is 216 g/mol. The molecule has 2 nitrogen and oxygen atoms in total. The first kappa shape index (κ1) is 12.0. The van der Waals surface area contributed by atoms with Crippen LogP contribution in [0, 0.1) is 5.92 Å². The number of piperidine rings is 1. The summed E-state index contributed by atoms with van der Waals surface area (Å²) in [6.07, 6.45) is 2.58. The second-order valence-corrected chi connectivity index (χ2v) is 4.58. The maximum Gasteiger partial charge on any atom is 0.0335 e. The van der Waals surface area contributed by atoms with Crippen molar-refractivity contribution in [2.24, 2.45) is 5.92 Å². The van der Waals surface area contributed by atoms with Crippen LogP contribution in [0.5, 0.6) is 0 Å². The summed E-state index contributed by atoms with van der Waals surface area (Å²) in [5.74, 6) is 0.856. The van der Waals surface area contributed by atoms with Crippen molar-refractivity contribution in [3.05, 3.63) is 11.6 Å². The van der Waals surface area contributed by atoms with Gasteiger partial charge < -0.3 is 5.32 Å². The van der Waals surface area contributed by atoms with E-state index in [4.69, 9.17) is 11.6 Å². The van der Waals surface area contributed by atoms with Crippen molar-refractivity contribution in [1.29, 1.82) is 0 Å². The number of likely N-dealkylation sites (tertiary alicyclic amines) is 1. The predicted molar refractivity (Wildman–Crippen MR) is 62.7 cm³/mol. The number of hydrogen-bond acceptors (Lipinski definition) is 2. The Morgan fingerprint density at radius 3 is 2.64 bits per heavy atom. The Bertz CT molecular complexity index is 174. The Kier molecular flexibility index (Phi) is 5.53. The molecule has 0 aromatic heterocycles. The van der Waals surface area contributed by atoms with Gasteiger partial charge >= 0.3 is 0 Å². The molecule has 0 unspecified atom stereocenters. The van der Waals surface area contributed by atoms with Crippen molar-refractivity contribution in [2.75, 3.05) is 32.7 Å². The fraction of sp³-hybridized carbons (Fsp3) is 0.818. The molecule has 1 aliphatic rings. The number of nitrogens with one attached hydrogen (secondary N) is 1. The molecule has 0 bridgehead atoms. The third-order valence-corrected chi connectivity index (χ3v) is 2.90. The molecular weight excluding hydrogens is 196 g/mol. The maximum atomic E-state index is 5.78. The second-order valence-electron chi connectivity index (χ2n) is 4.04. The molecule has 1 saturated heterocycles. The van der Waals surface area contributed by atoms with Gasteiger partial charge in [-0.1, -0.05) is 25.1 Å². The van der Waals surface area contributed by atoms with Crippen molar-refractivity contribution in [3.8, 4) is 0 Å². The molecule has 1 heterocycles. The molecule has 1 aliphatic heterocycles. The molecule has 3 heteroatoms. The van der Waals surface area contributed by atoms with Gasteiger partial charge in [0.1, 0.15) is 0 Å². The molecule has 0 radical (unpaired) electrons. The SMILES string of the molecule is C=C(Cl)CN1CCC(CNCC)CC1. The van der Waals surface area contributed by atoms with Crippen molar-refractivity contribution in [3.63, 3.8) is 0 Å².